The molecule has 24 heavy (non-hydrogen) atoms. The molecule has 0 unspecified atom stereocenters. The molecule has 4 nitrogen and oxygen atoms in total. The smallest absolute Gasteiger partial charge is 0.342 e. The Morgan fingerprint density at radius 1 is 1.00 bits per heavy atom. The molecule has 1 heterocycles. The molecule has 132 valence electrons. The molecule has 2 rings (SSSR count). The van der Waals surface area contributed by atoms with E-state index in [9.17, 15) is 22.8 Å². The lowest BCUT2D eigenvalue weighted by atomic mass is 9.89. The van der Waals surface area contributed by atoms with E-state index in [1.54, 1.807) is 4.90 Å². The minimum absolute atomic E-state index is 0.229. The lowest BCUT2D eigenvalue weighted by Gasteiger charge is -2.33. The molecular weight excluding hydrogens is 321 g/mol. The van der Waals surface area contributed by atoms with Crippen LogP contribution < -0.4 is 5.32 Å². The van der Waals surface area contributed by atoms with Gasteiger partial charge in [0.05, 0.1) is 5.56 Å². The first-order chi connectivity index (χ1) is 11.1. The fraction of sp³-hybridized carbons (Fsp3) is 0.529. The summed E-state index contributed by atoms with van der Waals surface area (Å²) in [5, 5.41) is 2.53. The van der Waals surface area contributed by atoms with Crippen LogP contribution in [0.5, 0.6) is 0 Å². The van der Waals surface area contributed by atoms with Crippen LogP contribution in [0.1, 0.15) is 38.7 Å². The molecule has 0 radical (unpaired) electrons. The first-order valence-corrected chi connectivity index (χ1v) is 7.90. The van der Waals surface area contributed by atoms with Crippen LogP contribution >= 0.6 is 0 Å². The van der Waals surface area contributed by atoms with Crippen LogP contribution in [0.3, 0.4) is 0 Å². The van der Waals surface area contributed by atoms with Crippen LogP contribution in [-0.4, -0.2) is 29.8 Å². The number of benzene rings is 1. The summed E-state index contributed by atoms with van der Waals surface area (Å²) in [5.41, 5.74) is -1.84. The molecule has 7 heteroatoms. The molecule has 0 bridgehead atoms. The number of hydrogen-bond donors (Lipinski definition) is 1. The van der Waals surface area contributed by atoms with Crippen molar-refractivity contribution in [2.45, 2.75) is 39.3 Å². The van der Waals surface area contributed by atoms with Crippen molar-refractivity contribution < 1.29 is 22.8 Å². The van der Waals surface area contributed by atoms with Gasteiger partial charge in [0, 0.05) is 18.8 Å². The predicted octanol–water partition coefficient (Wildman–Crippen LogP) is 3.68. The Kier molecular flexibility index (Phi) is 5.20. The molecule has 1 saturated heterocycles. The number of hydrogen-bond acceptors (Lipinski definition) is 2. The van der Waals surface area contributed by atoms with Gasteiger partial charge in [0.1, 0.15) is 5.41 Å². The van der Waals surface area contributed by atoms with E-state index in [1.165, 1.54) is 26.0 Å². The summed E-state index contributed by atoms with van der Waals surface area (Å²) in [6.07, 6.45) is -1.52. The monoisotopic (exact) mass is 342 g/mol. The lowest BCUT2D eigenvalue weighted by molar-refractivity contribution is -0.147. The fourth-order valence-electron chi connectivity index (χ4n) is 2.62. The maximum absolute atomic E-state index is 12.6. The summed E-state index contributed by atoms with van der Waals surface area (Å²) in [4.78, 5) is 26.6. The van der Waals surface area contributed by atoms with Crippen LogP contribution in [0, 0.1) is 5.41 Å². The number of amides is 2. The zero-order valence-electron chi connectivity index (χ0n) is 13.7. The highest BCUT2D eigenvalue weighted by atomic mass is 19.4. The van der Waals surface area contributed by atoms with E-state index in [0.29, 0.717) is 13.1 Å². The minimum Gasteiger partial charge on any atom is -0.342 e. The quantitative estimate of drug-likeness (QED) is 0.852. The van der Waals surface area contributed by atoms with E-state index in [4.69, 9.17) is 0 Å². The van der Waals surface area contributed by atoms with E-state index in [0.717, 1.165) is 31.4 Å². The van der Waals surface area contributed by atoms with Crippen molar-refractivity contribution in [2.24, 2.45) is 5.41 Å². The number of halogens is 3. The molecular formula is C17H21F3N2O2. The van der Waals surface area contributed by atoms with Crippen molar-refractivity contribution >= 4 is 17.5 Å². The third-order valence-electron chi connectivity index (χ3n) is 4.22. The average Bonchev–Trinajstić information content (AvgIpc) is 2.54. The fourth-order valence-corrected chi connectivity index (χ4v) is 2.62. The standard InChI is InChI=1S/C17H21F3N2O2/c1-16(2,15(24)22-10-4-3-5-11-22)14(23)21-13-8-6-12(7-9-13)17(18,19)20/h6-9H,3-5,10-11H2,1-2H3,(H,21,23). The van der Waals surface area contributed by atoms with Gasteiger partial charge >= 0.3 is 6.18 Å². The van der Waals surface area contributed by atoms with Crippen molar-refractivity contribution in [3.8, 4) is 0 Å². The van der Waals surface area contributed by atoms with E-state index < -0.39 is 23.1 Å². The molecule has 0 atom stereocenters. The molecule has 2 amide bonds. The van der Waals surface area contributed by atoms with Crippen molar-refractivity contribution in [3.63, 3.8) is 0 Å². The van der Waals surface area contributed by atoms with Gasteiger partial charge < -0.3 is 10.2 Å². The molecule has 0 spiro atoms. The van der Waals surface area contributed by atoms with Gasteiger partial charge in [-0.1, -0.05) is 0 Å². The summed E-state index contributed by atoms with van der Waals surface area (Å²) in [5.74, 6) is -0.788. The second kappa shape index (κ2) is 6.83. The maximum Gasteiger partial charge on any atom is 0.416 e. The van der Waals surface area contributed by atoms with Gasteiger partial charge in [-0.25, -0.2) is 0 Å². The van der Waals surface area contributed by atoms with Crippen molar-refractivity contribution in [1.29, 1.82) is 0 Å². The van der Waals surface area contributed by atoms with Crippen LogP contribution in [0.25, 0.3) is 0 Å². The number of carbonyl (C=O) groups is 2. The van der Waals surface area contributed by atoms with Crippen LogP contribution in [0.15, 0.2) is 24.3 Å². The first-order valence-electron chi connectivity index (χ1n) is 7.90. The third kappa shape index (κ3) is 4.07. The number of carbonyl (C=O) groups excluding carboxylic acids is 2. The molecule has 1 N–H and O–H groups in total. The Balaban J connectivity index is 2.05. The van der Waals surface area contributed by atoms with Gasteiger partial charge in [-0.15, -0.1) is 0 Å². The molecule has 1 fully saturated rings. The number of nitrogens with one attached hydrogen (secondary N) is 1. The van der Waals surface area contributed by atoms with Crippen molar-refractivity contribution in [2.75, 3.05) is 18.4 Å². The second-order valence-electron chi connectivity index (χ2n) is 6.51. The van der Waals surface area contributed by atoms with Crippen molar-refractivity contribution in [1.82, 2.24) is 4.90 Å². The highest BCUT2D eigenvalue weighted by Crippen LogP contribution is 2.30. The van der Waals surface area contributed by atoms with Crippen LogP contribution in [-0.2, 0) is 15.8 Å². The van der Waals surface area contributed by atoms with Gasteiger partial charge in [0.2, 0.25) is 11.8 Å². The Bertz CT molecular complexity index is 603. The van der Waals surface area contributed by atoms with Gasteiger partial charge in [0.15, 0.2) is 0 Å². The maximum atomic E-state index is 12.6. The normalized spacial score (nSPS) is 16.0. The molecule has 0 aliphatic carbocycles. The SMILES string of the molecule is CC(C)(C(=O)Nc1ccc(C(F)(F)F)cc1)C(=O)N1CCCCC1. The predicted molar refractivity (Wildman–Crippen MR) is 84.3 cm³/mol. The average molecular weight is 342 g/mol. The molecule has 1 aliphatic rings. The topological polar surface area (TPSA) is 49.4 Å². The Morgan fingerprint density at radius 3 is 2.04 bits per heavy atom. The number of anilines is 1. The van der Waals surface area contributed by atoms with E-state index in [-0.39, 0.29) is 11.6 Å². The van der Waals surface area contributed by atoms with Crippen LogP contribution in [0.4, 0.5) is 18.9 Å². The minimum atomic E-state index is -4.42. The van der Waals surface area contributed by atoms with E-state index in [1.807, 2.05) is 0 Å². The summed E-state index contributed by atoms with van der Waals surface area (Å²) < 4.78 is 37.6. The zero-order chi connectivity index (χ0) is 18.0. The second-order valence-corrected chi connectivity index (χ2v) is 6.51. The van der Waals surface area contributed by atoms with Crippen LogP contribution in [0.2, 0.25) is 0 Å². The van der Waals surface area contributed by atoms with Gasteiger partial charge in [0.25, 0.3) is 0 Å². The molecule has 0 saturated carbocycles. The van der Waals surface area contributed by atoms with Gasteiger partial charge in [-0.2, -0.15) is 13.2 Å². The summed E-state index contributed by atoms with van der Waals surface area (Å²) in [7, 11) is 0. The lowest BCUT2D eigenvalue weighted by Crippen LogP contribution is -2.48. The Labute approximate surface area is 139 Å². The molecule has 1 aliphatic heterocycles. The number of nitrogens with zero attached hydrogens (tertiary/aromatic N) is 1. The summed E-state index contributed by atoms with van der Waals surface area (Å²) in [6, 6.07) is 4.16. The number of alkyl halides is 3. The molecule has 1 aromatic rings. The number of likely N-dealkylation sites (tertiary alicyclic amines) is 1. The number of rotatable bonds is 3. The highest BCUT2D eigenvalue weighted by Gasteiger charge is 2.39. The zero-order valence-corrected chi connectivity index (χ0v) is 13.7. The summed E-state index contributed by atoms with van der Waals surface area (Å²) in [6.45, 7) is 4.33. The van der Waals surface area contributed by atoms with Gasteiger partial charge in [-0.3, -0.25) is 9.59 Å². The van der Waals surface area contributed by atoms with E-state index in [2.05, 4.69) is 5.32 Å². The Hall–Kier alpha value is -2.05. The Morgan fingerprint density at radius 2 is 1.54 bits per heavy atom. The number of piperidine rings is 1. The first kappa shape index (κ1) is 18.3. The van der Waals surface area contributed by atoms with Gasteiger partial charge in [-0.05, 0) is 57.4 Å². The largest absolute Gasteiger partial charge is 0.416 e. The van der Waals surface area contributed by atoms with E-state index >= 15 is 0 Å². The summed E-state index contributed by atoms with van der Waals surface area (Å²) >= 11 is 0. The third-order valence-corrected chi connectivity index (χ3v) is 4.22. The van der Waals surface area contributed by atoms with Crippen molar-refractivity contribution in [3.05, 3.63) is 29.8 Å². The molecule has 1 aromatic carbocycles. The highest BCUT2D eigenvalue weighted by molar-refractivity contribution is 6.09. The molecule has 0 aromatic heterocycles.